The quantitative estimate of drug-likeness (QED) is 0.550. The lowest BCUT2D eigenvalue weighted by Gasteiger charge is -2.00. The zero-order valence-corrected chi connectivity index (χ0v) is 7.11. The Morgan fingerprint density at radius 1 is 1.69 bits per heavy atom. The summed E-state index contributed by atoms with van der Waals surface area (Å²) in [5, 5.41) is 2.63. The Labute approximate surface area is 75.2 Å². The number of aromatic amines is 1. The molecule has 0 amide bonds. The number of rotatable bonds is 1. The molecule has 2 radical (unpaired) electrons. The zero-order valence-electron chi connectivity index (χ0n) is 7.11. The maximum absolute atomic E-state index is 11.5. The van der Waals surface area contributed by atoms with Gasteiger partial charge in [-0.05, 0) is 11.9 Å². The number of aryl methyl sites for hydroxylation is 1. The first-order valence-electron chi connectivity index (χ1n) is 3.94. The van der Waals surface area contributed by atoms with E-state index in [2.05, 4.69) is 15.1 Å². The molecule has 0 bridgehead atoms. The van der Waals surface area contributed by atoms with Gasteiger partial charge in [-0.2, -0.15) is 4.52 Å². The lowest BCUT2D eigenvalue weighted by molar-refractivity contribution is 0.887. The summed E-state index contributed by atoms with van der Waals surface area (Å²) in [6.45, 7) is 1.89. The second kappa shape index (κ2) is 2.72. The van der Waals surface area contributed by atoms with Crippen molar-refractivity contribution < 1.29 is 0 Å². The first-order valence-corrected chi connectivity index (χ1v) is 3.94. The maximum atomic E-state index is 11.5. The predicted octanol–water partition coefficient (Wildman–Crippen LogP) is -1.23. The average molecular weight is 174 g/mol. The van der Waals surface area contributed by atoms with Crippen molar-refractivity contribution in [1.29, 1.82) is 0 Å². The van der Waals surface area contributed by atoms with Crippen molar-refractivity contribution >= 4 is 19.1 Å². The van der Waals surface area contributed by atoms with Gasteiger partial charge < -0.3 is 0 Å². The smallest absolute Gasteiger partial charge is 0.267 e. The van der Waals surface area contributed by atoms with Gasteiger partial charge >= 0.3 is 0 Å². The molecule has 5 nitrogen and oxygen atoms in total. The summed E-state index contributed by atoms with van der Waals surface area (Å²) in [7, 11) is 5.57. The number of fused-ring (bicyclic) bond motifs is 1. The topological polar surface area (TPSA) is 63.1 Å². The lowest BCUT2D eigenvalue weighted by Crippen LogP contribution is -2.35. The Bertz CT molecular complexity index is 501. The first-order chi connectivity index (χ1) is 6.24. The molecule has 0 aromatic carbocycles. The third kappa shape index (κ3) is 1.06. The molecule has 13 heavy (non-hydrogen) atoms. The number of H-pyrrole nitrogens is 1. The molecule has 0 spiro atoms. The molecule has 2 rings (SSSR count). The molecule has 64 valence electrons. The van der Waals surface area contributed by atoms with E-state index >= 15 is 0 Å². The normalized spacial score (nSPS) is 10.8. The van der Waals surface area contributed by atoms with Gasteiger partial charge in [0, 0.05) is 5.69 Å². The van der Waals surface area contributed by atoms with E-state index in [1.165, 1.54) is 10.8 Å². The van der Waals surface area contributed by atoms with Crippen LogP contribution in [0.3, 0.4) is 0 Å². The van der Waals surface area contributed by atoms with Crippen molar-refractivity contribution in [1.82, 2.24) is 19.6 Å². The highest BCUT2D eigenvalue weighted by molar-refractivity contribution is 6.32. The van der Waals surface area contributed by atoms with Gasteiger partial charge in [0.1, 0.15) is 14.2 Å². The van der Waals surface area contributed by atoms with Crippen molar-refractivity contribution in [3.05, 3.63) is 22.4 Å². The average Bonchev–Trinajstić information content (AvgIpc) is 2.59. The SMILES string of the molecule is [B]c1c(CC)nc2nc[nH]n2c1=O. The Morgan fingerprint density at radius 3 is 3.15 bits per heavy atom. The minimum Gasteiger partial charge on any atom is -0.278 e. The van der Waals surface area contributed by atoms with Crippen LogP contribution in [0.5, 0.6) is 0 Å². The van der Waals surface area contributed by atoms with Crippen molar-refractivity contribution in [2.24, 2.45) is 0 Å². The van der Waals surface area contributed by atoms with Crippen LogP contribution in [0, 0.1) is 0 Å². The van der Waals surface area contributed by atoms with E-state index in [4.69, 9.17) is 7.85 Å². The van der Waals surface area contributed by atoms with Crippen molar-refractivity contribution in [2.75, 3.05) is 0 Å². The van der Waals surface area contributed by atoms with Crippen LogP contribution in [0.2, 0.25) is 0 Å². The molecular formula is C7H7BN4O. The molecule has 0 fully saturated rings. The molecule has 0 aliphatic carbocycles. The first kappa shape index (κ1) is 8.03. The molecule has 2 heterocycles. The van der Waals surface area contributed by atoms with Crippen LogP contribution in [0.15, 0.2) is 11.1 Å². The predicted molar refractivity (Wildman–Crippen MR) is 48.4 cm³/mol. The van der Waals surface area contributed by atoms with Crippen LogP contribution < -0.4 is 11.0 Å². The van der Waals surface area contributed by atoms with Crippen LogP contribution >= 0.6 is 0 Å². The van der Waals surface area contributed by atoms with Gasteiger partial charge in [0.05, 0.1) is 0 Å². The fraction of sp³-hybridized carbons (Fsp3) is 0.286. The summed E-state index contributed by atoms with van der Waals surface area (Å²) >= 11 is 0. The second-order valence-electron chi connectivity index (χ2n) is 2.65. The fourth-order valence-corrected chi connectivity index (χ4v) is 1.18. The number of hydrogen-bond donors (Lipinski definition) is 1. The highest BCUT2D eigenvalue weighted by Gasteiger charge is 2.07. The van der Waals surface area contributed by atoms with E-state index in [0.717, 1.165) is 0 Å². The molecule has 6 heteroatoms. The summed E-state index contributed by atoms with van der Waals surface area (Å²) in [6, 6.07) is 0. The van der Waals surface area contributed by atoms with Gasteiger partial charge in [0.25, 0.3) is 11.3 Å². The summed E-state index contributed by atoms with van der Waals surface area (Å²) in [6.07, 6.45) is 2.03. The van der Waals surface area contributed by atoms with E-state index in [-0.39, 0.29) is 11.0 Å². The fourth-order valence-electron chi connectivity index (χ4n) is 1.18. The third-order valence-electron chi connectivity index (χ3n) is 1.88. The molecule has 0 saturated carbocycles. The molecule has 0 aliphatic heterocycles. The molecule has 2 aromatic heterocycles. The van der Waals surface area contributed by atoms with E-state index < -0.39 is 0 Å². The summed E-state index contributed by atoms with van der Waals surface area (Å²) in [5.74, 6) is 0.357. The van der Waals surface area contributed by atoms with E-state index in [1.54, 1.807) is 0 Å². The van der Waals surface area contributed by atoms with Crippen LogP contribution in [-0.2, 0) is 6.42 Å². The van der Waals surface area contributed by atoms with Gasteiger partial charge in [-0.25, -0.2) is 9.97 Å². The summed E-state index contributed by atoms with van der Waals surface area (Å²) in [4.78, 5) is 19.5. The second-order valence-corrected chi connectivity index (χ2v) is 2.65. The minimum atomic E-state index is -0.292. The Kier molecular flexibility index (Phi) is 1.68. The van der Waals surface area contributed by atoms with E-state index in [1.807, 2.05) is 6.92 Å². The van der Waals surface area contributed by atoms with Crippen molar-refractivity contribution in [3.8, 4) is 0 Å². The minimum absolute atomic E-state index is 0.184. The zero-order chi connectivity index (χ0) is 9.42. The van der Waals surface area contributed by atoms with Crippen LogP contribution in [0.1, 0.15) is 12.6 Å². The molecule has 0 aliphatic rings. The number of nitrogens with one attached hydrogen (secondary N) is 1. The highest BCUT2D eigenvalue weighted by atomic mass is 16.1. The van der Waals surface area contributed by atoms with Gasteiger partial charge in [0.2, 0.25) is 0 Å². The molecule has 1 N–H and O–H groups in total. The summed E-state index contributed by atoms with van der Waals surface area (Å²) in [5.41, 5.74) is 0.487. The van der Waals surface area contributed by atoms with Gasteiger partial charge in [-0.15, -0.1) is 0 Å². The Morgan fingerprint density at radius 2 is 2.46 bits per heavy atom. The Balaban J connectivity index is 2.92. The van der Waals surface area contributed by atoms with E-state index in [9.17, 15) is 4.79 Å². The molecule has 0 unspecified atom stereocenters. The molecule has 2 aromatic rings. The third-order valence-corrected chi connectivity index (χ3v) is 1.88. The highest BCUT2D eigenvalue weighted by Crippen LogP contribution is 1.91. The number of hydrogen-bond acceptors (Lipinski definition) is 3. The van der Waals surface area contributed by atoms with Crippen LogP contribution in [0.4, 0.5) is 0 Å². The van der Waals surface area contributed by atoms with Crippen LogP contribution in [-0.4, -0.2) is 27.4 Å². The largest absolute Gasteiger partial charge is 0.278 e. The van der Waals surface area contributed by atoms with Gasteiger partial charge in [0.15, 0.2) is 0 Å². The van der Waals surface area contributed by atoms with Gasteiger partial charge in [-0.3, -0.25) is 9.89 Å². The standard InChI is InChI=1S/C7H7BN4O/c1-2-4-5(8)6(13)12-7(11-4)9-3-10-12/h3H,2H2,1H3,(H,9,10,11). The molecular weight excluding hydrogens is 167 g/mol. The van der Waals surface area contributed by atoms with Crippen molar-refractivity contribution in [3.63, 3.8) is 0 Å². The molecule has 0 atom stereocenters. The number of nitrogens with zero attached hydrogens (tertiary/aromatic N) is 3. The monoisotopic (exact) mass is 174 g/mol. The van der Waals surface area contributed by atoms with E-state index in [0.29, 0.717) is 17.9 Å². The van der Waals surface area contributed by atoms with Crippen molar-refractivity contribution in [2.45, 2.75) is 13.3 Å². The number of aromatic nitrogens is 4. The van der Waals surface area contributed by atoms with Gasteiger partial charge in [-0.1, -0.05) is 6.92 Å². The lowest BCUT2D eigenvalue weighted by atomic mass is 9.95. The maximum Gasteiger partial charge on any atom is 0.267 e. The molecule has 0 saturated heterocycles. The Hall–Kier alpha value is -1.59. The van der Waals surface area contributed by atoms with Crippen LogP contribution in [0.25, 0.3) is 5.78 Å². The summed E-state index contributed by atoms with van der Waals surface area (Å²) < 4.78 is 1.22.